The lowest BCUT2D eigenvalue weighted by Crippen LogP contribution is -2.37. The zero-order valence-corrected chi connectivity index (χ0v) is 23.2. The van der Waals surface area contributed by atoms with Crippen molar-refractivity contribution in [1.29, 1.82) is 0 Å². The van der Waals surface area contributed by atoms with Gasteiger partial charge in [0, 0.05) is 30.0 Å². The summed E-state index contributed by atoms with van der Waals surface area (Å²) in [7, 11) is -5.44. The minimum absolute atomic E-state index is 0.0507. The molecule has 41 heavy (non-hydrogen) atoms. The molecule has 0 saturated heterocycles. The van der Waals surface area contributed by atoms with E-state index in [1.165, 1.54) is 11.8 Å². The smallest absolute Gasteiger partial charge is 0.487 e. The van der Waals surface area contributed by atoms with Gasteiger partial charge in [0.05, 0.1) is 22.3 Å². The lowest BCUT2D eigenvalue weighted by molar-refractivity contribution is -0.0447. The molecule has 6 nitrogen and oxygen atoms in total. The molecule has 3 aromatic rings. The predicted molar refractivity (Wildman–Crippen MR) is 148 cm³/mol. The van der Waals surface area contributed by atoms with Crippen molar-refractivity contribution in [2.75, 3.05) is 12.3 Å². The summed E-state index contributed by atoms with van der Waals surface area (Å²) in [4.78, 5) is 8.84. The van der Waals surface area contributed by atoms with Gasteiger partial charge >= 0.3 is 15.5 Å². The van der Waals surface area contributed by atoms with Crippen molar-refractivity contribution in [2.45, 2.75) is 36.4 Å². The molecular weight excluding hydrogens is 585 g/mol. The number of aromatic nitrogens is 2. The number of pyridine rings is 2. The van der Waals surface area contributed by atoms with Crippen molar-refractivity contribution in [3.63, 3.8) is 0 Å². The van der Waals surface area contributed by atoms with Gasteiger partial charge in [-0.1, -0.05) is 31.2 Å². The van der Waals surface area contributed by atoms with Crippen LogP contribution in [0.25, 0.3) is 18.2 Å². The first-order valence-corrected chi connectivity index (χ1v) is 15.1. The molecule has 216 valence electrons. The minimum atomic E-state index is -5.44. The van der Waals surface area contributed by atoms with E-state index in [0.717, 1.165) is 22.8 Å². The third-order valence-electron chi connectivity index (χ3n) is 6.77. The van der Waals surface area contributed by atoms with Crippen LogP contribution in [0.15, 0.2) is 54.5 Å². The molecule has 2 aromatic heterocycles. The Morgan fingerprint density at radius 3 is 2.71 bits per heavy atom. The maximum atomic E-state index is 14.0. The van der Waals surface area contributed by atoms with Crippen LogP contribution in [0.5, 0.6) is 5.75 Å². The van der Waals surface area contributed by atoms with E-state index >= 15 is 0 Å². The number of nitrogens with one attached hydrogen (secondary N) is 1. The van der Waals surface area contributed by atoms with Crippen LogP contribution in [-0.2, 0) is 16.6 Å². The van der Waals surface area contributed by atoms with Crippen molar-refractivity contribution in [3.05, 3.63) is 93.8 Å². The standard InChI is InChI=1S/C28H24F5N3O3S2/c1-16-19-8-7-18(36-23(19)14-22(29)26(16)30)6-4-17-5-9-25-21(13-17)27(20-3-2-10-34-24(20)15-39-25)40-12-11-35-41(37,38)28(31,32)33/h2-10,13-14,16,26-27,35H,11-12,15H2,1H3/b6-4+. The largest absolute Gasteiger partial charge is 0.511 e. The van der Waals surface area contributed by atoms with Crippen LogP contribution in [0.4, 0.5) is 22.0 Å². The fraction of sp³-hybridized carbons (Fsp3) is 0.286. The van der Waals surface area contributed by atoms with Gasteiger partial charge in [-0.25, -0.2) is 26.9 Å². The highest BCUT2D eigenvalue weighted by Gasteiger charge is 2.45. The van der Waals surface area contributed by atoms with E-state index in [4.69, 9.17) is 4.74 Å². The molecule has 1 aliphatic heterocycles. The van der Waals surface area contributed by atoms with Crippen molar-refractivity contribution in [2.24, 2.45) is 0 Å². The monoisotopic (exact) mass is 609 g/mol. The molecule has 1 aromatic carbocycles. The predicted octanol–water partition coefficient (Wildman–Crippen LogP) is 6.57. The highest BCUT2D eigenvalue weighted by atomic mass is 32.2. The van der Waals surface area contributed by atoms with Gasteiger partial charge in [-0.3, -0.25) is 4.98 Å². The number of benzene rings is 1. The number of sulfonamides is 1. The number of hydrogen-bond donors (Lipinski definition) is 1. The van der Waals surface area contributed by atoms with Crippen LogP contribution in [-0.4, -0.2) is 42.4 Å². The number of halogens is 5. The van der Waals surface area contributed by atoms with Crippen LogP contribution >= 0.6 is 11.8 Å². The van der Waals surface area contributed by atoms with E-state index in [1.807, 2.05) is 18.2 Å². The van der Waals surface area contributed by atoms with Gasteiger partial charge in [-0.2, -0.15) is 13.2 Å². The van der Waals surface area contributed by atoms with E-state index in [-0.39, 0.29) is 12.4 Å². The lowest BCUT2D eigenvalue weighted by atomic mass is 9.89. The van der Waals surface area contributed by atoms with E-state index in [1.54, 1.807) is 54.3 Å². The number of thioether (sulfide) groups is 1. The van der Waals surface area contributed by atoms with Gasteiger partial charge < -0.3 is 4.74 Å². The van der Waals surface area contributed by atoms with Crippen molar-refractivity contribution < 1.29 is 35.1 Å². The maximum absolute atomic E-state index is 14.0. The summed E-state index contributed by atoms with van der Waals surface area (Å²) in [6.45, 7) is 1.38. The Morgan fingerprint density at radius 2 is 1.93 bits per heavy atom. The molecule has 3 unspecified atom stereocenters. The number of nitrogens with zero attached hydrogens (tertiary/aromatic N) is 2. The van der Waals surface area contributed by atoms with Crippen molar-refractivity contribution in [1.82, 2.24) is 14.7 Å². The topological polar surface area (TPSA) is 81.2 Å². The van der Waals surface area contributed by atoms with Crippen LogP contribution in [0.3, 0.4) is 0 Å². The van der Waals surface area contributed by atoms with Crippen molar-refractivity contribution >= 4 is 40.0 Å². The Balaban J connectivity index is 1.40. The van der Waals surface area contributed by atoms with Crippen molar-refractivity contribution in [3.8, 4) is 5.75 Å². The molecule has 0 saturated carbocycles. The molecule has 1 aliphatic carbocycles. The Kier molecular flexibility index (Phi) is 8.22. The molecule has 0 bridgehead atoms. The number of allylic oxidation sites excluding steroid dienone is 1. The Bertz CT molecular complexity index is 1630. The quantitative estimate of drug-likeness (QED) is 0.241. The van der Waals surface area contributed by atoms with Crippen LogP contribution < -0.4 is 9.46 Å². The summed E-state index contributed by atoms with van der Waals surface area (Å²) >= 11 is 1.26. The number of alkyl halides is 4. The van der Waals surface area contributed by atoms with Gasteiger partial charge in [0.2, 0.25) is 0 Å². The third-order valence-corrected chi connectivity index (χ3v) is 9.24. The molecule has 3 atom stereocenters. The minimum Gasteiger partial charge on any atom is -0.487 e. The number of rotatable bonds is 7. The fourth-order valence-corrected chi connectivity index (χ4v) is 6.50. The van der Waals surface area contributed by atoms with Crippen LogP contribution in [0.2, 0.25) is 0 Å². The molecular formula is C28H24F5N3O3S2. The number of hydrogen-bond acceptors (Lipinski definition) is 6. The van der Waals surface area contributed by atoms with Gasteiger partial charge in [-0.05, 0) is 53.1 Å². The summed E-state index contributed by atoms with van der Waals surface area (Å²) in [5, 5.41) is -0.398. The molecule has 0 fully saturated rings. The molecule has 3 heterocycles. The van der Waals surface area contributed by atoms with Gasteiger partial charge in [-0.15, -0.1) is 11.8 Å². The SMILES string of the molecule is CC1c2ccc(/C=C/c3ccc4c(c3)C(SCCNS(=O)(=O)C(F)(F)F)c3cccnc3CO4)nc2C=C(F)C1F. The number of fused-ring (bicyclic) bond motifs is 3. The molecule has 13 heteroatoms. The van der Waals surface area contributed by atoms with E-state index in [0.29, 0.717) is 28.4 Å². The highest BCUT2D eigenvalue weighted by molar-refractivity contribution is 7.99. The average molecular weight is 610 g/mol. The summed E-state index contributed by atoms with van der Waals surface area (Å²) in [5.41, 5.74) is -0.857. The maximum Gasteiger partial charge on any atom is 0.511 e. The van der Waals surface area contributed by atoms with Gasteiger partial charge in [0.15, 0.2) is 6.17 Å². The molecule has 0 amide bonds. The highest BCUT2D eigenvalue weighted by Crippen LogP contribution is 2.44. The summed E-state index contributed by atoms with van der Waals surface area (Å²) in [6.07, 6.45) is 4.57. The average Bonchev–Trinajstić information content (AvgIpc) is 3.09. The summed E-state index contributed by atoms with van der Waals surface area (Å²) in [6, 6.07) is 12.5. The fourth-order valence-electron chi connectivity index (χ4n) is 4.63. The van der Waals surface area contributed by atoms with Gasteiger partial charge in [0.1, 0.15) is 18.2 Å². The summed E-state index contributed by atoms with van der Waals surface area (Å²) < 4.78 is 96.5. The first kappa shape index (κ1) is 29.2. The second-order valence-electron chi connectivity index (χ2n) is 9.48. The Hall–Kier alpha value is -3.29. The van der Waals surface area contributed by atoms with Crippen LogP contribution in [0, 0.1) is 0 Å². The Labute approximate surface area is 237 Å². The molecule has 1 N–H and O–H groups in total. The second kappa shape index (κ2) is 11.5. The van der Waals surface area contributed by atoms with E-state index in [2.05, 4.69) is 9.97 Å². The number of ether oxygens (including phenoxy) is 1. The first-order valence-electron chi connectivity index (χ1n) is 12.5. The van der Waals surface area contributed by atoms with Crippen LogP contribution in [0.1, 0.15) is 57.4 Å². The molecule has 5 rings (SSSR count). The first-order chi connectivity index (χ1) is 19.4. The second-order valence-corrected chi connectivity index (χ2v) is 12.5. The normalized spacial score (nSPS) is 20.4. The zero-order chi connectivity index (χ0) is 29.4. The van der Waals surface area contributed by atoms with E-state index < -0.39 is 45.2 Å². The molecule has 0 radical (unpaired) electrons. The third kappa shape index (κ3) is 6.16. The molecule has 0 spiro atoms. The lowest BCUT2D eigenvalue weighted by Gasteiger charge is -2.22. The Morgan fingerprint density at radius 1 is 1.12 bits per heavy atom. The molecule has 2 aliphatic rings. The van der Waals surface area contributed by atoms with E-state index in [9.17, 15) is 30.4 Å². The zero-order valence-electron chi connectivity index (χ0n) is 21.5. The van der Waals surface area contributed by atoms with Gasteiger partial charge in [0.25, 0.3) is 0 Å². The summed E-state index contributed by atoms with van der Waals surface area (Å²) in [5.74, 6) is -0.875.